The zero-order valence-corrected chi connectivity index (χ0v) is 27.2. The highest BCUT2D eigenvalue weighted by atomic mass is 127. The molecule has 0 bridgehead atoms. The number of nitrogens with zero attached hydrogens (tertiary/aromatic N) is 1. The molecular weight excluding hydrogens is 629 g/mol. The molecule has 0 N–H and O–H groups in total. The van der Waals surface area contributed by atoms with Crippen molar-refractivity contribution >= 4 is 5.97 Å². The molecule has 0 fully saturated rings. The van der Waals surface area contributed by atoms with Crippen LogP contribution in [0.3, 0.4) is 0 Å². The minimum Gasteiger partial charge on any atom is -1.00 e. The van der Waals surface area contributed by atoms with Gasteiger partial charge in [-0.25, -0.2) is 4.79 Å². The first-order valence-corrected chi connectivity index (χ1v) is 14.4. The molecule has 7 heteroatoms. The topological polar surface area (TPSA) is 54.0 Å². The summed E-state index contributed by atoms with van der Waals surface area (Å²) in [4.78, 5) is 12.8. The number of quaternary nitrogens is 1. The highest BCUT2D eigenvalue weighted by molar-refractivity contribution is 5.75. The van der Waals surface area contributed by atoms with Gasteiger partial charge in [0.25, 0.3) is 0 Å². The summed E-state index contributed by atoms with van der Waals surface area (Å²) in [5, 5.41) is 0. The van der Waals surface area contributed by atoms with Crippen molar-refractivity contribution in [2.75, 3.05) is 41.5 Å². The van der Waals surface area contributed by atoms with Crippen LogP contribution in [0.15, 0.2) is 78.9 Å². The second-order valence-corrected chi connectivity index (χ2v) is 11.1. The van der Waals surface area contributed by atoms with E-state index < -0.39 is 0 Å². The minimum atomic E-state index is -0.204. The Kier molecular flexibility index (Phi) is 15.6. The maximum atomic E-state index is 12.8. The number of hydrogen-bond acceptors (Lipinski definition) is 5. The van der Waals surface area contributed by atoms with Crippen molar-refractivity contribution in [2.24, 2.45) is 0 Å². The number of carbonyl (C=O) groups excluding carboxylic acids is 1. The molecule has 1 atom stereocenters. The monoisotopic (exact) mass is 675 g/mol. The molecule has 0 aliphatic carbocycles. The fraction of sp³-hybridized carbons (Fsp3) is 0.441. The molecule has 0 aliphatic rings. The molecule has 6 nitrogen and oxygen atoms in total. The molecule has 0 saturated heterocycles. The Morgan fingerprint density at radius 1 is 0.683 bits per heavy atom. The summed E-state index contributed by atoms with van der Waals surface area (Å²) >= 11 is 0. The second kappa shape index (κ2) is 18.6. The molecule has 3 aromatic rings. The minimum absolute atomic E-state index is 0. The Bertz CT molecular complexity index is 1130. The summed E-state index contributed by atoms with van der Waals surface area (Å²) in [6, 6.07) is 25.6. The van der Waals surface area contributed by atoms with Crippen LogP contribution in [0, 0.1) is 0 Å². The maximum absolute atomic E-state index is 12.8. The molecule has 0 saturated carbocycles. The molecule has 0 aliphatic heterocycles. The van der Waals surface area contributed by atoms with Crippen molar-refractivity contribution in [2.45, 2.75) is 57.6 Å². The summed E-state index contributed by atoms with van der Waals surface area (Å²) in [6.45, 7) is 1.69. The predicted molar refractivity (Wildman–Crippen MR) is 160 cm³/mol. The number of methoxy groups -OCH3 is 1. The largest absolute Gasteiger partial charge is 1.00 e. The van der Waals surface area contributed by atoms with Gasteiger partial charge in [-0.3, -0.25) is 0 Å². The van der Waals surface area contributed by atoms with Gasteiger partial charge in [0.15, 0.2) is 6.04 Å². The van der Waals surface area contributed by atoms with Crippen LogP contribution in [0.2, 0.25) is 0 Å². The van der Waals surface area contributed by atoms with Gasteiger partial charge in [0, 0.05) is 6.42 Å². The molecule has 41 heavy (non-hydrogen) atoms. The van der Waals surface area contributed by atoms with Gasteiger partial charge < -0.3 is 47.4 Å². The molecule has 224 valence electrons. The number of hydrogen-bond donors (Lipinski definition) is 0. The number of benzene rings is 3. The van der Waals surface area contributed by atoms with Crippen molar-refractivity contribution in [3.05, 3.63) is 90.0 Å². The van der Waals surface area contributed by atoms with E-state index in [-0.39, 0.29) is 36.0 Å². The van der Waals surface area contributed by atoms with Gasteiger partial charge in [-0.2, -0.15) is 0 Å². The molecular formula is C34H46INO5. The predicted octanol–water partition coefficient (Wildman–Crippen LogP) is 3.86. The lowest BCUT2D eigenvalue weighted by Gasteiger charge is -2.32. The zero-order valence-electron chi connectivity index (χ0n) is 25.0. The molecule has 0 heterocycles. The van der Waals surface area contributed by atoms with Gasteiger partial charge in [-0.1, -0.05) is 68.1 Å². The fourth-order valence-electron chi connectivity index (χ4n) is 4.44. The van der Waals surface area contributed by atoms with Gasteiger partial charge in [0.05, 0.1) is 41.5 Å². The standard InChI is InChI=1S/C34H46NO5.HI/c1-35(2,3)33(26-28-15-10-9-11-16-28)34(36)39-24-13-8-6-5-7-12-23-38-30-19-21-31(22-20-30)40-27-29-17-14-18-32(25-29)37-4;/h9-11,14-22,25,33H,5-8,12-13,23-24,26-27H2,1-4H3;1H/q+1;/p-1. The lowest BCUT2D eigenvalue weighted by molar-refractivity contribution is -0.887. The molecule has 3 rings (SSSR count). The SMILES string of the molecule is COc1cccc(COc2ccc(OCCCCCCCCOC(=O)C(Cc3ccccc3)[N+](C)(C)C)cc2)c1.[I-]. The van der Waals surface area contributed by atoms with E-state index in [9.17, 15) is 4.79 Å². The third-order valence-electron chi connectivity index (χ3n) is 6.89. The molecule has 0 amide bonds. The van der Waals surface area contributed by atoms with Crippen LogP contribution in [-0.2, 0) is 22.6 Å². The molecule has 3 aromatic carbocycles. The van der Waals surface area contributed by atoms with Crippen LogP contribution in [0.4, 0.5) is 0 Å². The quantitative estimate of drug-likeness (QED) is 0.0889. The van der Waals surface area contributed by atoms with E-state index in [2.05, 4.69) is 12.1 Å². The van der Waals surface area contributed by atoms with E-state index in [1.807, 2.05) is 87.9 Å². The third kappa shape index (κ3) is 13.2. The summed E-state index contributed by atoms with van der Waals surface area (Å²) in [6.07, 6.45) is 7.11. The van der Waals surface area contributed by atoms with Crippen molar-refractivity contribution < 1.29 is 52.2 Å². The maximum Gasteiger partial charge on any atom is 0.365 e. The number of esters is 1. The first-order valence-electron chi connectivity index (χ1n) is 14.4. The Morgan fingerprint density at radius 2 is 1.27 bits per heavy atom. The number of rotatable bonds is 18. The second-order valence-electron chi connectivity index (χ2n) is 11.1. The fourth-order valence-corrected chi connectivity index (χ4v) is 4.44. The summed E-state index contributed by atoms with van der Waals surface area (Å²) in [7, 11) is 7.81. The van der Waals surface area contributed by atoms with Gasteiger partial charge in [-0.15, -0.1) is 0 Å². The van der Waals surface area contributed by atoms with E-state index in [4.69, 9.17) is 18.9 Å². The Hall–Kier alpha value is -2.78. The smallest absolute Gasteiger partial charge is 0.365 e. The van der Waals surface area contributed by atoms with Crippen molar-refractivity contribution in [1.82, 2.24) is 0 Å². The Balaban J connectivity index is 0.00000588. The van der Waals surface area contributed by atoms with Crippen LogP contribution < -0.4 is 38.2 Å². The van der Waals surface area contributed by atoms with Crippen molar-refractivity contribution in [1.29, 1.82) is 0 Å². The summed E-state index contributed by atoms with van der Waals surface area (Å²) in [5.41, 5.74) is 2.22. The number of halogens is 1. The molecule has 0 spiro atoms. The first kappa shape index (κ1) is 34.4. The number of carbonyl (C=O) groups is 1. The number of unbranched alkanes of at least 4 members (excludes halogenated alkanes) is 5. The Morgan fingerprint density at radius 3 is 1.90 bits per heavy atom. The number of ether oxygens (including phenoxy) is 4. The van der Waals surface area contributed by atoms with E-state index in [0.717, 1.165) is 66.9 Å². The average molecular weight is 676 g/mol. The van der Waals surface area contributed by atoms with E-state index in [0.29, 0.717) is 30.7 Å². The molecule has 0 radical (unpaired) electrons. The summed E-state index contributed by atoms with van der Waals surface area (Å²) in [5.74, 6) is 2.39. The Labute approximate surface area is 263 Å². The van der Waals surface area contributed by atoms with E-state index in [1.54, 1.807) is 7.11 Å². The van der Waals surface area contributed by atoms with E-state index in [1.165, 1.54) is 0 Å². The highest BCUT2D eigenvalue weighted by Gasteiger charge is 2.33. The van der Waals surface area contributed by atoms with Crippen molar-refractivity contribution in [3.8, 4) is 17.2 Å². The normalized spacial score (nSPS) is 11.7. The first-order chi connectivity index (χ1) is 19.3. The number of likely N-dealkylation sites (N-methyl/N-ethyl adjacent to an activating group) is 1. The highest BCUT2D eigenvalue weighted by Crippen LogP contribution is 2.20. The third-order valence-corrected chi connectivity index (χ3v) is 6.89. The van der Waals surface area contributed by atoms with Gasteiger partial charge in [0.1, 0.15) is 23.9 Å². The van der Waals surface area contributed by atoms with Crippen molar-refractivity contribution in [3.63, 3.8) is 0 Å². The molecule has 1 unspecified atom stereocenters. The summed E-state index contributed by atoms with van der Waals surface area (Å²) < 4.78 is 23.2. The lowest BCUT2D eigenvalue weighted by Crippen LogP contribution is -3.00. The lowest BCUT2D eigenvalue weighted by atomic mass is 10.0. The average Bonchev–Trinajstić information content (AvgIpc) is 2.96. The van der Waals surface area contributed by atoms with Crippen LogP contribution in [0.1, 0.15) is 49.7 Å². The van der Waals surface area contributed by atoms with Crippen LogP contribution in [-0.4, -0.2) is 58.0 Å². The zero-order chi connectivity index (χ0) is 28.6. The van der Waals surface area contributed by atoms with Crippen LogP contribution in [0.5, 0.6) is 17.2 Å². The van der Waals surface area contributed by atoms with Gasteiger partial charge >= 0.3 is 5.97 Å². The van der Waals surface area contributed by atoms with E-state index >= 15 is 0 Å². The molecule has 0 aromatic heterocycles. The van der Waals surface area contributed by atoms with Crippen LogP contribution >= 0.6 is 0 Å². The van der Waals surface area contributed by atoms with Gasteiger partial charge in [-0.05, 0) is 60.4 Å². The van der Waals surface area contributed by atoms with Gasteiger partial charge in [0.2, 0.25) is 0 Å². The van der Waals surface area contributed by atoms with Crippen LogP contribution in [0.25, 0.3) is 0 Å².